The van der Waals surface area contributed by atoms with Crippen LogP contribution in [0.1, 0.15) is 47.0 Å². The summed E-state index contributed by atoms with van der Waals surface area (Å²) in [6, 6.07) is 0. The van der Waals surface area contributed by atoms with E-state index in [0.717, 1.165) is 12.8 Å². The van der Waals surface area contributed by atoms with Crippen LogP contribution >= 0.6 is 0 Å². The fraction of sp³-hybridized carbons (Fsp3) is 0.667. The summed E-state index contributed by atoms with van der Waals surface area (Å²) in [6.07, 6.45) is 7.88. The fourth-order valence-electron chi connectivity index (χ4n) is 0.924. The van der Waals surface area contributed by atoms with Crippen molar-refractivity contribution in [2.24, 2.45) is 5.41 Å². The van der Waals surface area contributed by atoms with Gasteiger partial charge in [-0.25, -0.2) is 0 Å². The van der Waals surface area contributed by atoms with Crippen molar-refractivity contribution in [3.05, 3.63) is 24.3 Å². The molecule has 0 aromatic carbocycles. The predicted molar refractivity (Wildman–Crippen MR) is 57.3 cm³/mol. The molecule has 0 aromatic heterocycles. The Balaban J connectivity index is 4.13. The van der Waals surface area contributed by atoms with Gasteiger partial charge in [0.2, 0.25) is 0 Å². The van der Waals surface area contributed by atoms with E-state index in [-0.39, 0.29) is 0 Å². The summed E-state index contributed by atoms with van der Waals surface area (Å²) in [4.78, 5) is 0. The molecule has 0 fully saturated rings. The topological polar surface area (TPSA) is 0 Å². The third-order valence-electron chi connectivity index (χ3n) is 2.77. The second kappa shape index (κ2) is 5.18. The van der Waals surface area contributed by atoms with Crippen LogP contribution in [0.4, 0.5) is 0 Å². The van der Waals surface area contributed by atoms with Gasteiger partial charge in [-0.15, -0.1) is 6.58 Å². The molecule has 0 rings (SSSR count). The Bertz CT molecular complexity index is 165. The molecule has 0 radical (unpaired) electrons. The summed E-state index contributed by atoms with van der Waals surface area (Å²) in [7, 11) is 0. The second-order valence-electron chi connectivity index (χ2n) is 3.82. The van der Waals surface area contributed by atoms with E-state index in [4.69, 9.17) is 0 Å². The number of rotatable bonds is 5. The van der Waals surface area contributed by atoms with Crippen molar-refractivity contribution in [1.82, 2.24) is 0 Å². The highest BCUT2D eigenvalue weighted by atomic mass is 14.2. The highest BCUT2D eigenvalue weighted by Crippen LogP contribution is 2.27. The summed E-state index contributed by atoms with van der Waals surface area (Å²) in [5.74, 6) is 0. The molecule has 0 spiro atoms. The molecule has 1 atom stereocenters. The van der Waals surface area contributed by atoms with E-state index in [2.05, 4.69) is 46.4 Å². The average molecular weight is 166 g/mol. The lowest BCUT2D eigenvalue weighted by molar-refractivity contribution is 0.417. The van der Waals surface area contributed by atoms with Crippen LogP contribution in [0.3, 0.4) is 0 Å². The first-order valence-electron chi connectivity index (χ1n) is 4.87. The summed E-state index contributed by atoms with van der Waals surface area (Å²) >= 11 is 0. The summed E-state index contributed by atoms with van der Waals surface area (Å²) in [6.45, 7) is 12.8. The van der Waals surface area contributed by atoms with Gasteiger partial charge in [-0.2, -0.15) is 0 Å². The summed E-state index contributed by atoms with van der Waals surface area (Å²) in [5.41, 5.74) is 1.78. The normalized spacial score (nSPS) is 17.2. The average Bonchev–Trinajstić information content (AvgIpc) is 2.13. The maximum absolute atomic E-state index is 3.88. The zero-order chi connectivity index (χ0) is 9.61. The first kappa shape index (κ1) is 11.5. The first-order chi connectivity index (χ1) is 5.58. The number of hydrogen-bond donors (Lipinski definition) is 0. The van der Waals surface area contributed by atoms with E-state index < -0.39 is 0 Å². The van der Waals surface area contributed by atoms with Crippen molar-refractivity contribution < 1.29 is 0 Å². The SMILES string of the molecule is C=CC(C)(CC)C/C=C(/C)CC. The molecule has 0 aromatic rings. The van der Waals surface area contributed by atoms with Crippen LogP contribution in [0.2, 0.25) is 0 Å². The molecule has 0 heteroatoms. The van der Waals surface area contributed by atoms with Gasteiger partial charge in [0.05, 0.1) is 0 Å². The van der Waals surface area contributed by atoms with E-state index in [1.54, 1.807) is 0 Å². The lowest BCUT2D eigenvalue weighted by atomic mass is 9.83. The maximum Gasteiger partial charge on any atom is -0.0117 e. The quantitative estimate of drug-likeness (QED) is 0.533. The summed E-state index contributed by atoms with van der Waals surface area (Å²) in [5, 5.41) is 0. The fourth-order valence-corrected chi connectivity index (χ4v) is 0.924. The van der Waals surface area contributed by atoms with E-state index in [1.165, 1.54) is 12.0 Å². The van der Waals surface area contributed by atoms with Gasteiger partial charge >= 0.3 is 0 Å². The zero-order valence-electron chi connectivity index (χ0n) is 8.98. The van der Waals surface area contributed by atoms with Gasteiger partial charge < -0.3 is 0 Å². The van der Waals surface area contributed by atoms with Crippen LogP contribution in [0.25, 0.3) is 0 Å². The molecule has 12 heavy (non-hydrogen) atoms. The molecule has 0 heterocycles. The minimum absolute atomic E-state index is 0.302. The van der Waals surface area contributed by atoms with Gasteiger partial charge in [-0.3, -0.25) is 0 Å². The Morgan fingerprint density at radius 3 is 2.33 bits per heavy atom. The van der Waals surface area contributed by atoms with Crippen molar-refractivity contribution in [1.29, 1.82) is 0 Å². The first-order valence-corrected chi connectivity index (χ1v) is 4.87. The highest BCUT2D eigenvalue weighted by Gasteiger charge is 2.15. The molecule has 0 saturated heterocycles. The Labute approximate surface area is 77.4 Å². The third-order valence-corrected chi connectivity index (χ3v) is 2.77. The van der Waals surface area contributed by atoms with Gasteiger partial charge in [0.1, 0.15) is 0 Å². The van der Waals surface area contributed by atoms with Gasteiger partial charge in [-0.1, -0.05) is 38.5 Å². The highest BCUT2D eigenvalue weighted by molar-refractivity contribution is 5.03. The lowest BCUT2D eigenvalue weighted by Crippen LogP contribution is -2.09. The van der Waals surface area contributed by atoms with Gasteiger partial charge in [0.15, 0.2) is 0 Å². The van der Waals surface area contributed by atoms with Crippen molar-refractivity contribution in [2.75, 3.05) is 0 Å². The van der Waals surface area contributed by atoms with Crippen molar-refractivity contribution in [2.45, 2.75) is 47.0 Å². The van der Waals surface area contributed by atoms with Crippen LogP contribution in [-0.4, -0.2) is 0 Å². The molecule has 0 N–H and O–H groups in total. The van der Waals surface area contributed by atoms with Gasteiger partial charge in [0, 0.05) is 0 Å². The minimum Gasteiger partial charge on any atom is -0.103 e. The van der Waals surface area contributed by atoms with Gasteiger partial charge in [0.25, 0.3) is 0 Å². The Morgan fingerprint density at radius 2 is 2.00 bits per heavy atom. The Morgan fingerprint density at radius 1 is 1.42 bits per heavy atom. The molecular formula is C12H22. The molecule has 0 bridgehead atoms. The predicted octanol–water partition coefficient (Wildman–Crippen LogP) is 4.34. The Hall–Kier alpha value is -0.520. The Kier molecular flexibility index (Phi) is 4.96. The largest absolute Gasteiger partial charge is 0.103 e. The van der Waals surface area contributed by atoms with Crippen molar-refractivity contribution in [3.8, 4) is 0 Å². The lowest BCUT2D eigenvalue weighted by Gasteiger charge is -2.22. The van der Waals surface area contributed by atoms with E-state index in [0.29, 0.717) is 5.41 Å². The standard InChI is InChI=1S/C12H22/c1-6-11(4)9-10-12(5,7-2)8-3/h7,9H,2,6,8,10H2,1,3-5H3/b11-9-. The van der Waals surface area contributed by atoms with Crippen molar-refractivity contribution in [3.63, 3.8) is 0 Å². The maximum atomic E-state index is 3.88. The van der Waals surface area contributed by atoms with Gasteiger partial charge in [-0.05, 0) is 31.6 Å². The summed E-state index contributed by atoms with van der Waals surface area (Å²) < 4.78 is 0. The molecule has 70 valence electrons. The molecule has 0 nitrogen and oxygen atoms in total. The molecule has 1 unspecified atom stereocenters. The number of hydrogen-bond acceptors (Lipinski definition) is 0. The molecule has 0 aliphatic heterocycles. The van der Waals surface area contributed by atoms with Crippen LogP contribution in [0.5, 0.6) is 0 Å². The second-order valence-corrected chi connectivity index (χ2v) is 3.82. The van der Waals surface area contributed by atoms with Crippen LogP contribution < -0.4 is 0 Å². The number of allylic oxidation sites excluding steroid dienone is 3. The van der Waals surface area contributed by atoms with Crippen molar-refractivity contribution >= 4 is 0 Å². The smallest absolute Gasteiger partial charge is 0.0117 e. The molecule has 0 aliphatic carbocycles. The van der Waals surface area contributed by atoms with E-state index >= 15 is 0 Å². The monoisotopic (exact) mass is 166 g/mol. The molecule has 0 aliphatic rings. The van der Waals surface area contributed by atoms with Crippen LogP contribution in [0.15, 0.2) is 24.3 Å². The van der Waals surface area contributed by atoms with Crippen LogP contribution in [0, 0.1) is 5.41 Å². The molecule has 0 saturated carbocycles. The van der Waals surface area contributed by atoms with E-state index in [1.807, 2.05) is 0 Å². The zero-order valence-corrected chi connectivity index (χ0v) is 8.98. The minimum atomic E-state index is 0.302. The third kappa shape index (κ3) is 3.75. The van der Waals surface area contributed by atoms with E-state index in [9.17, 15) is 0 Å². The molecule has 0 amide bonds. The molecular weight excluding hydrogens is 144 g/mol. The van der Waals surface area contributed by atoms with Crippen LogP contribution in [-0.2, 0) is 0 Å².